The highest BCUT2D eigenvalue weighted by atomic mass is 19.2. The Kier molecular flexibility index (Phi) is 2.79. The number of carboxylic acid groups (broad SMARTS) is 1. The summed E-state index contributed by atoms with van der Waals surface area (Å²) in [5, 5.41) is 12.9. The average molecular weight is 290 g/mol. The van der Waals surface area contributed by atoms with Gasteiger partial charge < -0.3 is 10.8 Å². The van der Waals surface area contributed by atoms with Gasteiger partial charge in [0.2, 0.25) is 5.95 Å². The number of anilines is 1. The third-order valence-corrected chi connectivity index (χ3v) is 2.95. The van der Waals surface area contributed by atoms with Crippen LogP contribution in [0.4, 0.5) is 14.7 Å². The highest BCUT2D eigenvalue weighted by molar-refractivity contribution is 5.89. The number of halogens is 2. The molecule has 3 aromatic rings. The molecule has 0 bridgehead atoms. The van der Waals surface area contributed by atoms with Crippen molar-refractivity contribution in [3.8, 4) is 11.1 Å². The van der Waals surface area contributed by atoms with Crippen molar-refractivity contribution in [1.82, 2.24) is 14.6 Å². The van der Waals surface area contributed by atoms with Gasteiger partial charge in [0.25, 0.3) is 0 Å². The molecule has 0 unspecified atom stereocenters. The highest BCUT2D eigenvalue weighted by Crippen LogP contribution is 2.26. The molecule has 0 radical (unpaired) electrons. The van der Waals surface area contributed by atoms with E-state index in [0.29, 0.717) is 11.1 Å². The molecular formula is C13H8F2N4O2. The minimum absolute atomic E-state index is 0.118. The van der Waals surface area contributed by atoms with Crippen LogP contribution in [0.3, 0.4) is 0 Å². The number of aromatic carboxylic acids is 1. The molecule has 6 nitrogen and oxygen atoms in total. The fourth-order valence-electron chi connectivity index (χ4n) is 2.03. The van der Waals surface area contributed by atoms with Gasteiger partial charge in [-0.15, -0.1) is 5.10 Å². The Morgan fingerprint density at radius 1 is 1.19 bits per heavy atom. The predicted octanol–water partition coefficient (Wildman–Crippen LogP) is 1.95. The van der Waals surface area contributed by atoms with Gasteiger partial charge in [0, 0.05) is 5.56 Å². The van der Waals surface area contributed by atoms with Crippen LogP contribution in [-0.4, -0.2) is 25.7 Å². The first kappa shape index (κ1) is 13.0. The number of aromatic nitrogens is 3. The molecule has 0 fully saturated rings. The summed E-state index contributed by atoms with van der Waals surface area (Å²) in [4.78, 5) is 15.1. The molecule has 106 valence electrons. The molecule has 21 heavy (non-hydrogen) atoms. The molecule has 3 N–H and O–H groups in total. The summed E-state index contributed by atoms with van der Waals surface area (Å²) in [7, 11) is 0. The van der Waals surface area contributed by atoms with Crippen LogP contribution in [-0.2, 0) is 0 Å². The monoisotopic (exact) mass is 290 g/mol. The summed E-state index contributed by atoms with van der Waals surface area (Å²) in [6.07, 6.45) is 0. The van der Waals surface area contributed by atoms with Gasteiger partial charge in [-0.05, 0) is 29.8 Å². The van der Waals surface area contributed by atoms with Crippen molar-refractivity contribution >= 4 is 17.6 Å². The maximum absolute atomic E-state index is 13.3. The number of carbonyl (C=O) groups is 1. The lowest BCUT2D eigenvalue weighted by atomic mass is 10.1. The van der Waals surface area contributed by atoms with Gasteiger partial charge >= 0.3 is 5.97 Å². The molecule has 0 aliphatic heterocycles. The van der Waals surface area contributed by atoms with Crippen molar-refractivity contribution in [2.24, 2.45) is 0 Å². The molecular weight excluding hydrogens is 282 g/mol. The van der Waals surface area contributed by atoms with E-state index in [1.54, 1.807) is 0 Å². The number of nitrogens with two attached hydrogens (primary N) is 1. The lowest BCUT2D eigenvalue weighted by Crippen LogP contribution is -2.07. The minimum atomic E-state index is -1.21. The molecule has 0 aliphatic rings. The van der Waals surface area contributed by atoms with Crippen LogP contribution in [0.1, 0.15) is 10.5 Å². The zero-order valence-electron chi connectivity index (χ0n) is 10.4. The number of fused-ring (bicyclic) bond motifs is 1. The molecule has 0 atom stereocenters. The van der Waals surface area contributed by atoms with Crippen molar-refractivity contribution in [1.29, 1.82) is 0 Å². The van der Waals surface area contributed by atoms with Gasteiger partial charge in [-0.3, -0.25) is 0 Å². The van der Waals surface area contributed by atoms with Crippen molar-refractivity contribution in [2.75, 3.05) is 5.73 Å². The van der Waals surface area contributed by atoms with E-state index < -0.39 is 17.6 Å². The highest BCUT2D eigenvalue weighted by Gasteiger charge is 2.16. The minimum Gasteiger partial charge on any atom is -0.477 e. The van der Waals surface area contributed by atoms with Gasteiger partial charge in [-0.1, -0.05) is 6.07 Å². The molecule has 0 aliphatic carbocycles. The molecule has 0 saturated carbocycles. The average Bonchev–Trinajstić information content (AvgIpc) is 2.81. The van der Waals surface area contributed by atoms with E-state index >= 15 is 0 Å². The first-order valence-electron chi connectivity index (χ1n) is 5.81. The van der Waals surface area contributed by atoms with E-state index in [-0.39, 0.29) is 17.3 Å². The van der Waals surface area contributed by atoms with Crippen molar-refractivity contribution < 1.29 is 18.7 Å². The number of hydrogen-bond donors (Lipinski definition) is 2. The summed E-state index contributed by atoms with van der Waals surface area (Å²) in [6, 6.07) is 6.07. The maximum atomic E-state index is 13.3. The first-order chi connectivity index (χ1) is 9.97. The number of nitrogen functional groups attached to an aromatic ring is 1. The van der Waals surface area contributed by atoms with Gasteiger partial charge in [0.15, 0.2) is 23.0 Å². The molecule has 0 spiro atoms. The molecule has 2 aromatic heterocycles. The Morgan fingerprint density at radius 2 is 1.95 bits per heavy atom. The molecule has 1 aromatic carbocycles. The van der Waals surface area contributed by atoms with Crippen molar-refractivity contribution in [3.05, 3.63) is 47.7 Å². The van der Waals surface area contributed by atoms with E-state index in [9.17, 15) is 13.6 Å². The van der Waals surface area contributed by atoms with Crippen LogP contribution < -0.4 is 5.73 Å². The second kappa shape index (κ2) is 4.51. The molecule has 2 heterocycles. The van der Waals surface area contributed by atoms with Gasteiger partial charge in [0.05, 0.1) is 0 Å². The molecule has 0 amide bonds. The van der Waals surface area contributed by atoms with E-state index in [2.05, 4.69) is 10.1 Å². The lowest BCUT2D eigenvalue weighted by Gasteiger charge is -2.06. The summed E-state index contributed by atoms with van der Waals surface area (Å²) in [6.45, 7) is 0. The van der Waals surface area contributed by atoms with Gasteiger partial charge in [0.1, 0.15) is 0 Å². The maximum Gasteiger partial charge on any atom is 0.354 e. The predicted molar refractivity (Wildman–Crippen MR) is 69.7 cm³/mol. The lowest BCUT2D eigenvalue weighted by molar-refractivity contribution is 0.0687. The van der Waals surface area contributed by atoms with E-state index in [1.165, 1.54) is 18.2 Å². The van der Waals surface area contributed by atoms with Crippen molar-refractivity contribution in [2.45, 2.75) is 0 Å². The number of hydrogen-bond acceptors (Lipinski definition) is 4. The Morgan fingerprint density at radius 3 is 2.62 bits per heavy atom. The van der Waals surface area contributed by atoms with Crippen LogP contribution in [0.2, 0.25) is 0 Å². The second-order valence-electron chi connectivity index (χ2n) is 4.27. The van der Waals surface area contributed by atoms with Crippen LogP contribution in [0.15, 0.2) is 30.3 Å². The third kappa shape index (κ3) is 2.06. The van der Waals surface area contributed by atoms with Crippen LogP contribution in [0.25, 0.3) is 16.8 Å². The Balaban J connectivity index is 2.31. The van der Waals surface area contributed by atoms with E-state index in [1.807, 2.05) is 0 Å². The van der Waals surface area contributed by atoms with Crippen LogP contribution in [0, 0.1) is 11.6 Å². The zero-order chi connectivity index (χ0) is 15.1. The zero-order valence-corrected chi connectivity index (χ0v) is 10.4. The number of pyridine rings is 1. The third-order valence-electron chi connectivity index (χ3n) is 2.95. The summed E-state index contributed by atoms with van der Waals surface area (Å²) in [5.41, 5.74) is 6.23. The molecule has 0 saturated heterocycles. The number of rotatable bonds is 2. The van der Waals surface area contributed by atoms with Crippen LogP contribution >= 0.6 is 0 Å². The number of benzene rings is 1. The molecule has 8 heteroatoms. The SMILES string of the molecule is Nc1nc2c(-c3ccc(F)c(F)c3)ccc(C(=O)O)n2n1. The largest absolute Gasteiger partial charge is 0.477 e. The Labute approximate surface area is 116 Å². The number of carboxylic acids is 1. The molecule has 3 rings (SSSR count). The summed E-state index contributed by atoms with van der Waals surface area (Å²) >= 11 is 0. The fraction of sp³-hybridized carbons (Fsp3) is 0. The summed E-state index contributed by atoms with van der Waals surface area (Å²) in [5.74, 6) is -3.31. The topological polar surface area (TPSA) is 93.5 Å². The smallest absolute Gasteiger partial charge is 0.354 e. The van der Waals surface area contributed by atoms with Crippen LogP contribution in [0.5, 0.6) is 0 Å². The Hall–Kier alpha value is -3.03. The normalized spacial score (nSPS) is 11.0. The quantitative estimate of drug-likeness (QED) is 0.752. The number of nitrogens with zero attached hydrogens (tertiary/aromatic N) is 3. The van der Waals surface area contributed by atoms with Crippen molar-refractivity contribution in [3.63, 3.8) is 0 Å². The van der Waals surface area contributed by atoms with E-state index in [0.717, 1.165) is 16.6 Å². The summed E-state index contributed by atoms with van der Waals surface area (Å²) < 4.78 is 27.4. The standard InChI is InChI=1S/C13H8F2N4O2/c14-8-3-1-6(5-9(8)15)7-2-4-10(12(20)21)19-11(7)17-13(16)18-19/h1-5H,(H2,16,18)(H,20,21). The Bertz CT molecular complexity index is 876. The fourth-order valence-corrected chi connectivity index (χ4v) is 2.03. The second-order valence-corrected chi connectivity index (χ2v) is 4.27. The van der Waals surface area contributed by atoms with Gasteiger partial charge in [-0.2, -0.15) is 4.98 Å². The van der Waals surface area contributed by atoms with Gasteiger partial charge in [-0.25, -0.2) is 18.1 Å². The van der Waals surface area contributed by atoms with E-state index in [4.69, 9.17) is 10.8 Å². The first-order valence-corrected chi connectivity index (χ1v) is 5.81.